The predicted octanol–water partition coefficient (Wildman–Crippen LogP) is 3.02. The predicted molar refractivity (Wildman–Crippen MR) is 98.1 cm³/mol. The van der Waals surface area contributed by atoms with Gasteiger partial charge in [0, 0.05) is 22.5 Å². The van der Waals surface area contributed by atoms with E-state index in [1.807, 2.05) is 0 Å². The number of carbonyl (C=O) groups is 2. The number of ether oxygens (including phenoxy) is 1. The normalized spacial score (nSPS) is 14.5. The average molecular weight is 355 g/mol. The second kappa shape index (κ2) is 6.33. The highest BCUT2D eigenvalue weighted by Crippen LogP contribution is 2.39. The van der Waals surface area contributed by atoms with Crippen molar-refractivity contribution in [3.8, 4) is 5.75 Å². The van der Waals surface area contributed by atoms with Crippen LogP contribution in [0.3, 0.4) is 0 Å². The standard InChI is InChI=1S/C19H21N3O4/c1-6-26-19(25)14-8(2)13(20-10(14)4)7-12-15-9(3)16(23)11(5)21-17(15)22-18(12)24/h7,20,23H,6H2,1-5H3,(H,21,22,24)/b12-7-. The Bertz CT molecular complexity index is 970. The number of rotatable bonds is 3. The van der Waals surface area contributed by atoms with Crippen LogP contribution in [0.25, 0.3) is 11.6 Å². The molecule has 2 aromatic heterocycles. The summed E-state index contributed by atoms with van der Waals surface area (Å²) in [7, 11) is 0. The number of aromatic amines is 1. The SMILES string of the molecule is CCOC(=O)c1c(C)[nH]c(/C=C2\C(=O)Nc3nc(C)c(O)c(C)c32)c1C. The number of carbonyl (C=O) groups excluding carboxylic acids is 2. The molecule has 1 amide bonds. The number of H-pyrrole nitrogens is 1. The molecule has 3 rings (SSSR count). The van der Waals surface area contributed by atoms with Gasteiger partial charge in [-0.05, 0) is 46.3 Å². The summed E-state index contributed by atoms with van der Waals surface area (Å²) in [5, 5.41) is 12.9. The largest absolute Gasteiger partial charge is 0.506 e. The molecule has 2 aromatic rings. The van der Waals surface area contributed by atoms with Gasteiger partial charge in [0.2, 0.25) is 0 Å². The Labute approximate surface area is 151 Å². The minimum absolute atomic E-state index is 0.0674. The molecule has 0 unspecified atom stereocenters. The van der Waals surface area contributed by atoms with Gasteiger partial charge in [-0.25, -0.2) is 9.78 Å². The Kier molecular flexibility index (Phi) is 4.31. The van der Waals surface area contributed by atoms with Crippen molar-refractivity contribution in [1.82, 2.24) is 9.97 Å². The Balaban J connectivity index is 2.14. The van der Waals surface area contributed by atoms with Gasteiger partial charge >= 0.3 is 5.97 Å². The molecule has 0 saturated carbocycles. The van der Waals surface area contributed by atoms with E-state index in [1.54, 1.807) is 40.7 Å². The monoisotopic (exact) mass is 355 g/mol. The third kappa shape index (κ3) is 2.65. The minimum Gasteiger partial charge on any atom is -0.506 e. The quantitative estimate of drug-likeness (QED) is 0.580. The summed E-state index contributed by atoms with van der Waals surface area (Å²) in [4.78, 5) is 32.0. The van der Waals surface area contributed by atoms with Crippen LogP contribution in [0.5, 0.6) is 5.75 Å². The third-order valence-corrected chi connectivity index (χ3v) is 4.58. The minimum atomic E-state index is -0.397. The number of anilines is 1. The highest BCUT2D eigenvalue weighted by atomic mass is 16.5. The second-order valence-electron chi connectivity index (χ2n) is 6.29. The van der Waals surface area contributed by atoms with Gasteiger partial charge in [0.15, 0.2) is 0 Å². The van der Waals surface area contributed by atoms with E-state index >= 15 is 0 Å². The maximum Gasteiger partial charge on any atom is 0.340 e. The van der Waals surface area contributed by atoms with Gasteiger partial charge in [-0.15, -0.1) is 0 Å². The van der Waals surface area contributed by atoms with E-state index < -0.39 is 5.97 Å². The Morgan fingerprint density at radius 3 is 2.58 bits per heavy atom. The summed E-state index contributed by atoms with van der Waals surface area (Å²) in [5.74, 6) is -0.200. The lowest BCUT2D eigenvalue weighted by Gasteiger charge is -2.08. The van der Waals surface area contributed by atoms with Crippen LogP contribution in [0, 0.1) is 27.7 Å². The van der Waals surface area contributed by atoms with Crippen molar-refractivity contribution in [3.05, 3.63) is 39.3 Å². The summed E-state index contributed by atoms with van der Waals surface area (Å²) in [6.07, 6.45) is 1.68. The van der Waals surface area contributed by atoms with Crippen LogP contribution in [0.15, 0.2) is 0 Å². The lowest BCUT2D eigenvalue weighted by Crippen LogP contribution is -2.06. The van der Waals surface area contributed by atoms with Crippen LogP contribution >= 0.6 is 0 Å². The number of hydrogen-bond donors (Lipinski definition) is 3. The van der Waals surface area contributed by atoms with E-state index in [2.05, 4.69) is 15.3 Å². The zero-order valence-corrected chi connectivity index (χ0v) is 15.4. The molecule has 0 bridgehead atoms. The number of fused-ring (bicyclic) bond motifs is 1. The first kappa shape index (κ1) is 17.7. The number of aromatic nitrogens is 2. The van der Waals surface area contributed by atoms with Gasteiger partial charge in [-0.3, -0.25) is 4.79 Å². The molecule has 0 radical (unpaired) electrons. The molecule has 0 saturated heterocycles. The van der Waals surface area contributed by atoms with Gasteiger partial charge in [-0.1, -0.05) is 0 Å². The zero-order chi connectivity index (χ0) is 19.2. The Morgan fingerprint density at radius 2 is 1.92 bits per heavy atom. The van der Waals surface area contributed by atoms with Crippen LogP contribution in [0.4, 0.5) is 5.82 Å². The molecule has 7 heteroatoms. The molecule has 0 fully saturated rings. The molecule has 3 N–H and O–H groups in total. The maximum absolute atomic E-state index is 12.4. The van der Waals surface area contributed by atoms with Crippen molar-refractivity contribution < 1.29 is 19.4 Å². The third-order valence-electron chi connectivity index (χ3n) is 4.58. The summed E-state index contributed by atoms with van der Waals surface area (Å²) < 4.78 is 5.10. The van der Waals surface area contributed by atoms with E-state index in [9.17, 15) is 14.7 Å². The Morgan fingerprint density at radius 1 is 1.23 bits per heavy atom. The Hall–Kier alpha value is -3.09. The molecular formula is C19H21N3O4. The van der Waals surface area contributed by atoms with Crippen molar-refractivity contribution in [2.45, 2.75) is 34.6 Å². The number of hydrogen-bond acceptors (Lipinski definition) is 5. The van der Waals surface area contributed by atoms with E-state index in [4.69, 9.17) is 4.74 Å². The van der Waals surface area contributed by atoms with Crippen LogP contribution in [0.2, 0.25) is 0 Å². The molecule has 0 atom stereocenters. The molecule has 0 aliphatic carbocycles. The van der Waals surface area contributed by atoms with Crippen molar-refractivity contribution in [2.75, 3.05) is 11.9 Å². The molecule has 1 aliphatic rings. The van der Waals surface area contributed by atoms with Crippen molar-refractivity contribution in [3.63, 3.8) is 0 Å². The lowest BCUT2D eigenvalue weighted by atomic mass is 10.0. The van der Waals surface area contributed by atoms with Crippen LogP contribution < -0.4 is 5.32 Å². The van der Waals surface area contributed by atoms with Gasteiger partial charge in [0.1, 0.15) is 11.6 Å². The van der Waals surface area contributed by atoms with Gasteiger partial charge in [0.25, 0.3) is 5.91 Å². The fourth-order valence-electron chi connectivity index (χ4n) is 3.26. The van der Waals surface area contributed by atoms with Crippen LogP contribution in [-0.4, -0.2) is 33.6 Å². The molecular weight excluding hydrogens is 334 g/mol. The number of aromatic hydroxyl groups is 1. The number of esters is 1. The number of nitrogens with zero attached hydrogens (tertiary/aromatic N) is 1. The number of amides is 1. The second-order valence-corrected chi connectivity index (χ2v) is 6.29. The molecule has 3 heterocycles. The first-order chi connectivity index (χ1) is 12.3. The van der Waals surface area contributed by atoms with Gasteiger partial charge < -0.3 is 20.1 Å². The van der Waals surface area contributed by atoms with Crippen LogP contribution in [0.1, 0.15) is 51.1 Å². The summed E-state index contributed by atoms with van der Waals surface area (Å²) >= 11 is 0. The summed E-state index contributed by atoms with van der Waals surface area (Å²) in [6, 6.07) is 0. The molecule has 26 heavy (non-hydrogen) atoms. The van der Waals surface area contributed by atoms with Crippen molar-refractivity contribution in [2.24, 2.45) is 0 Å². The molecule has 0 aromatic carbocycles. The van der Waals surface area contributed by atoms with Crippen LogP contribution in [-0.2, 0) is 9.53 Å². The summed E-state index contributed by atoms with van der Waals surface area (Å²) in [5.41, 5.74) is 4.50. The smallest absolute Gasteiger partial charge is 0.340 e. The fraction of sp³-hybridized carbons (Fsp3) is 0.316. The molecule has 136 valence electrons. The van der Waals surface area contributed by atoms with Gasteiger partial charge in [-0.2, -0.15) is 0 Å². The number of nitrogens with one attached hydrogen (secondary N) is 2. The average Bonchev–Trinajstić information content (AvgIpc) is 3.02. The number of aryl methyl sites for hydroxylation is 2. The van der Waals surface area contributed by atoms with Gasteiger partial charge in [0.05, 0.1) is 23.4 Å². The fourth-order valence-corrected chi connectivity index (χ4v) is 3.26. The molecule has 1 aliphatic heterocycles. The summed E-state index contributed by atoms with van der Waals surface area (Å²) in [6.45, 7) is 9.05. The van der Waals surface area contributed by atoms with E-state index in [-0.39, 0.29) is 11.7 Å². The molecule has 7 nitrogen and oxygen atoms in total. The lowest BCUT2D eigenvalue weighted by molar-refractivity contribution is -0.110. The van der Waals surface area contributed by atoms with E-state index in [0.717, 1.165) is 0 Å². The highest BCUT2D eigenvalue weighted by Gasteiger charge is 2.30. The maximum atomic E-state index is 12.4. The van der Waals surface area contributed by atoms with E-state index in [0.29, 0.717) is 57.3 Å². The zero-order valence-electron chi connectivity index (χ0n) is 15.4. The number of pyridine rings is 1. The topological polar surface area (TPSA) is 104 Å². The van der Waals surface area contributed by atoms with Crippen molar-refractivity contribution >= 4 is 29.3 Å². The van der Waals surface area contributed by atoms with E-state index in [1.165, 1.54) is 0 Å². The van der Waals surface area contributed by atoms with Crippen molar-refractivity contribution in [1.29, 1.82) is 0 Å². The molecule has 0 spiro atoms. The highest BCUT2D eigenvalue weighted by molar-refractivity contribution is 6.35. The first-order valence-corrected chi connectivity index (χ1v) is 8.36. The first-order valence-electron chi connectivity index (χ1n) is 8.36.